The van der Waals surface area contributed by atoms with Gasteiger partial charge in [0.2, 0.25) is 0 Å². The van der Waals surface area contributed by atoms with Crippen LogP contribution in [0, 0.1) is 0 Å². The topological polar surface area (TPSA) is 78.9 Å². The zero-order valence-electron chi connectivity index (χ0n) is 32.5. The van der Waals surface area contributed by atoms with Crippen molar-refractivity contribution in [2.24, 2.45) is 0 Å². The highest BCUT2D eigenvalue weighted by Gasteiger charge is 2.19. The van der Waals surface area contributed by atoms with Crippen molar-refractivity contribution in [3.8, 4) is 0 Å². The molecule has 6 nitrogen and oxygen atoms in total. The Morgan fingerprint density at radius 3 is 1.10 bits per heavy atom. The summed E-state index contributed by atoms with van der Waals surface area (Å²) in [6.45, 7) is 6.48. The van der Waals surface area contributed by atoms with Crippen LogP contribution in [0.15, 0.2) is 24.3 Å². The molecule has 0 bridgehead atoms. The van der Waals surface area contributed by atoms with Crippen molar-refractivity contribution in [1.29, 1.82) is 0 Å². The van der Waals surface area contributed by atoms with E-state index >= 15 is 0 Å². The zero-order chi connectivity index (χ0) is 35.9. The van der Waals surface area contributed by atoms with E-state index in [2.05, 4.69) is 45.1 Å². The van der Waals surface area contributed by atoms with E-state index in [0.717, 1.165) is 89.9 Å². The van der Waals surface area contributed by atoms with Gasteiger partial charge in [0.15, 0.2) is 6.10 Å². The molecule has 0 N–H and O–H groups in total. The van der Waals surface area contributed by atoms with Crippen molar-refractivity contribution >= 4 is 17.9 Å². The molecule has 6 heteroatoms. The first-order valence-electron chi connectivity index (χ1n) is 20.8. The first-order chi connectivity index (χ1) is 24.0. The molecule has 49 heavy (non-hydrogen) atoms. The molecule has 0 saturated heterocycles. The van der Waals surface area contributed by atoms with E-state index in [9.17, 15) is 14.4 Å². The van der Waals surface area contributed by atoms with E-state index in [1.54, 1.807) is 0 Å². The van der Waals surface area contributed by atoms with Crippen LogP contribution in [-0.4, -0.2) is 37.2 Å². The van der Waals surface area contributed by atoms with Crippen LogP contribution in [0.5, 0.6) is 0 Å². The molecule has 0 aliphatic rings. The summed E-state index contributed by atoms with van der Waals surface area (Å²) in [6, 6.07) is 0. The number of carbonyl (C=O) groups excluding carboxylic acids is 3. The molecule has 0 heterocycles. The third kappa shape index (κ3) is 37.0. The number of hydrogen-bond donors (Lipinski definition) is 0. The van der Waals surface area contributed by atoms with Crippen molar-refractivity contribution in [3.05, 3.63) is 24.3 Å². The first kappa shape index (κ1) is 46.9. The number of allylic oxidation sites excluding steroid dienone is 4. The average Bonchev–Trinajstić information content (AvgIpc) is 3.10. The first-order valence-corrected chi connectivity index (χ1v) is 20.8. The van der Waals surface area contributed by atoms with Crippen molar-refractivity contribution in [2.45, 2.75) is 219 Å². The van der Waals surface area contributed by atoms with E-state index in [4.69, 9.17) is 14.2 Å². The van der Waals surface area contributed by atoms with Crippen molar-refractivity contribution in [2.75, 3.05) is 13.2 Å². The summed E-state index contributed by atoms with van der Waals surface area (Å²) in [5, 5.41) is 0. The molecular formula is C43H78O6. The van der Waals surface area contributed by atoms with Crippen LogP contribution in [0.25, 0.3) is 0 Å². The SMILES string of the molecule is CCC/C=C\CCCCCCCC(=O)OCC(COC(=O)CCCCCCCCCCCCC)OC(=O)CCCCCCC/C=C\CCC. The summed E-state index contributed by atoms with van der Waals surface area (Å²) in [6.07, 6.45) is 40.2. The van der Waals surface area contributed by atoms with Crippen LogP contribution in [0.1, 0.15) is 213 Å². The second-order valence-electron chi connectivity index (χ2n) is 13.9. The lowest BCUT2D eigenvalue weighted by Gasteiger charge is -2.18. The Balaban J connectivity index is 4.37. The smallest absolute Gasteiger partial charge is 0.306 e. The van der Waals surface area contributed by atoms with Gasteiger partial charge < -0.3 is 14.2 Å². The molecule has 0 aromatic heterocycles. The van der Waals surface area contributed by atoms with Crippen molar-refractivity contribution < 1.29 is 28.6 Å². The fourth-order valence-electron chi connectivity index (χ4n) is 5.74. The van der Waals surface area contributed by atoms with Crippen LogP contribution < -0.4 is 0 Å². The highest BCUT2D eigenvalue weighted by molar-refractivity contribution is 5.71. The predicted molar refractivity (Wildman–Crippen MR) is 206 cm³/mol. The molecule has 0 aliphatic heterocycles. The predicted octanol–water partition coefficient (Wildman–Crippen LogP) is 12.9. The summed E-state index contributed by atoms with van der Waals surface area (Å²) in [7, 11) is 0. The number of esters is 3. The second-order valence-corrected chi connectivity index (χ2v) is 13.9. The van der Waals surface area contributed by atoms with Gasteiger partial charge in [-0.05, 0) is 57.8 Å². The highest BCUT2D eigenvalue weighted by atomic mass is 16.6. The maximum absolute atomic E-state index is 12.6. The van der Waals surface area contributed by atoms with Crippen LogP contribution >= 0.6 is 0 Å². The van der Waals surface area contributed by atoms with Gasteiger partial charge >= 0.3 is 17.9 Å². The number of hydrogen-bond acceptors (Lipinski definition) is 6. The van der Waals surface area contributed by atoms with Crippen LogP contribution in [0.2, 0.25) is 0 Å². The molecule has 0 amide bonds. The van der Waals surface area contributed by atoms with Gasteiger partial charge in [0.1, 0.15) is 13.2 Å². The molecule has 0 radical (unpaired) electrons. The average molecular weight is 691 g/mol. The molecule has 0 saturated carbocycles. The second kappa shape index (κ2) is 38.7. The molecule has 1 atom stereocenters. The molecule has 1 unspecified atom stereocenters. The minimum atomic E-state index is -0.770. The van der Waals surface area contributed by atoms with E-state index in [1.165, 1.54) is 83.5 Å². The van der Waals surface area contributed by atoms with E-state index in [-0.39, 0.29) is 31.1 Å². The van der Waals surface area contributed by atoms with Gasteiger partial charge in [0.05, 0.1) is 0 Å². The number of ether oxygens (including phenoxy) is 3. The highest BCUT2D eigenvalue weighted by Crippen LogP contribution is 2.14. The lowest BCUT2D eigenvalue weighted by Crippen LogP contribution is -2.30. The van der Waals surface area contributed by atoms with E-state index in [0.29, 0.717) is 19.3 Å². The van der Waals surface area contributed by atoms with E-state index < -0.39 is 6.10 Å². The third-order valence-corrected chi connectivity index (χ3v) is 8.89. The van der Waals surface area contributed by atoms with Crippen LogP contribution in [-0.2, 0) is 28.6 Å². The minimum Gasteiger partial charge on any atom is -0.462 e. The van der Waals surface area contributed by atoms with Gasteiger partial charge in [0.25, 0.3) is 0 Å². The fourth-order valence-corrected chi connectivity index (χ4v) is 5.74. The Kier molecular flexibility index (Phi) is 37.0. The summed E-state index contributed by atoms with van der Waals surface area (Å²) in [5.41, 5.74) is 0. The van der Waals surface area contributed by atoms with Gasteiger partial charge in [-0.15, -0.1) is 0 Å². The maximum Gasteiger partial charge on any atom is 0.306 e. The van der Waals surface area contributed by atoms with Crippen molar-refractivity contribution in [1.82, 2.24) is 0 Å². The largest absolute Gasteiger partial charge is 0.462 e. The number of rotatable bonds is 37. The monoisotopic (exact) mass is 691 g/mol. The fraction of sp³-hybridized carbons (Fsp3) is 0.837. The normalized spacial score (nSPS) is 12.1. The standard InChI is InChI=1S/C43H78O6/c1-4-7-10-13-16-19-22-25-27-30-33-36-42(45)48-39-40(49-43(46)37-34-31-28-24-21-18-15-12-9-6-3)38-47-41(44)35-32-29-26-23-20-17-14-11-8-5-2/h11-12,14-15,40H,4-10,13,16-39H2,1-3H3/b14-11-,15-12-. The van der Waals surface area contributed by atoms with Crippen LogP contribution in [0.4, 0.5) is 0 Å². The summed E-state index contributed by atoms with van der Waals surface area (Å²) in [4.78, 5) is 37.5. The van der Waals surface area contributed by atoms with Gasteiger partial charge in [0, 0.05) is 19.3 Å². The summed E-state index contributed by atoms with van der Waals surface area (Å²) in [5.74, 6) is -0.899. The molecule has 286 valence electrons. The molecular weight excluding hydrogens is 612 g/mol. The van der Waals surface area contributed by atoms with Crippen molar-refractivity contribution in [3.63, 3.8) is 0 Å². The minimum absolute atomic E-state index is 0.0753. The Hall–Kier alpha value is -2.11. The van der Waals surface area contributed by atoms with Gasteiger partial charge in [-0.1, -0.05) is 161 Å². The molecule has 0 aromatic rings. The molecule has 0 rings (SSSR count). The lowest BCUT2D eigenvalue weighted by atomic mass is 10.1. The van der Waals surface area contributed by atoms with Gasteiger partial charge in [-0.3, -0.25) is 14.4 Å². The van der Waals surface area contributed by atoms with E-state index in [1.807, 2.05) is 0 Å². The summed E-state index contributed by atoms with van der Waals surface area (Å²) >= 11 is 0. The number of carbonyl (C=O) groups is 3. The Bertz CT molecular complexity index is 804. The number of unbranched alkanes of at least 4 members (excludes halogenated alkanes) is 22. The quantitative estimate of drug-likeness (QED) is 0.0279. The van der Waals surface area contributed by atoms with Gasteiger partial charge in [-0.2, -0.15) is 0 Å². The summed E-state index contributed by atoms with van der Waals surface area (Å²) < 4.78 is 16.6. The Labute approximate surface area is 303 Å². The molecule has 0 fully saturated rings. The van der Waals surface area contributed by atoms with Gasteiger partial charge in [-0.25, -0.2) is 0 Å². The zero-order valence-corrected chi connectivity index (χ0v) is 32.5. The Morgan fingerprint density at radius 2 is 0.714 bits per heavy atom. The van der Waals surface area contributed by atoms with Crippen LogP contribution in [0.3, 0.4) is 0 Å². The third-order valence-electron chi connectivity index (χ3n) is 8.89. The lowest BCUT2D eigenvalue weighted by molar-refractivity contribution is -0.167. The maximum atomic E-state index is 12.6. The molecule has 0 aromatic carbocycles. The molecule has 0 aliphatic carbocycles. The Morgan fingerprint density at radius 1 is 0.388 bits per heavy atom. The molecule has 0 spiro atoms.